The molecule has 1 aromatic rings. The van der Waals surface area contributed by atoms with Gasteiger partial charge in [0.1, 0.15) is 17.5 Å². The third-order valence-corrected chi connectivity index (χ3v) is 4.00. The summed E-state index contributed by atoms with van der Waals surface area (Å²) in [5, 5.41) is 16.3. The summed E-state index contributed by atoms with van der Waals surface area (Å²) in [7, 11) is 0. The van der Waals surface area contributed by atoms with Crippen molar-refractivity contribution in [3.05, 3.63) is 64.8 Å². The number of amides is 2. The van der Waals surface area contributed by atoms with Crippen molar-refractivity contribution in [2.75, 3.05) is 5.32 Å². The number of hydrogen-bond donors (Lipinski definition) is 3. The number of nitrogens with zero attached hydrogens (tertiary/aromatic N) is 2. The van der Waals surface area contributed by atoms with Gasteiger partial charge in [-0.05, 0) is 31.1 Å². The number of hydrogen-bond acceptors (Lipinski definition) is 5. The van der Waals surface area contributed by atoms with Crippen LogP contribution in [0.5, 0.6) is 0 Å². The summed E-state index contributed by atoms with van der Waals surface area (Å²) in [5.41, 5.74) is 5.61. The van der Waals surface area contributed by atoms with Crippen LogP contribution >= 0.6 is 0 Å². The van der Waals surface area contributed by atoms with Gasteiger partial charge in [0.15, 0.2) is 0 Å². The van der Waals surface area contributed by atoms with Gasteiger partial charge in [-0.1, -0.05) is 25.1 Å². The first-order valence-corrected chi connectivity index (χ1v) is 7.88. The van der Waals surface area contributed by atoms with Crippen LogP contribution in [0.1, 0.15) is 30.6 Å². The molecule has 2 heterocycles. The first kappa shape index (κ1) is 16.3. The lowest BCUT2D eigenvalue weighted by Crippen LogP contribution is -2.45. The SMILES string of the molecule is C/C=C1/NN(/C=C2/NC(=O)c3ccccc3N2)C(=O)C(C#N)=C1CC. The number of allylic oxidation sites excluding steroid dienone is 2. The molecular formula is C18H17N5O2. The van der Waals surface area contributed by atoms with Gasteiger partial charge in [0.25, 0.3) is 11.8 Å². The summed E-state index contributed by atoms with van der Waals surface area (Å²) < 4.78 is 0. The minimum atomic E-state index is -0.465. The van der Waals surface area contributed by atoms with Gasteiger partial charge in [-0.25, -0.2) is 5.01 Å². The van der Waals surface area contributed by atoms with E-state index in [1.54, 1.807) is 24.3 Å². The highest BCUT2D eigenvalue weighted by molar-refractivity contribution is 6.03. The summed E-state index contributed by atoms with van der Waals surface area (Å²) in [6.45, 7) is 3.71. The summed E-state index contributed by atoms with van der Waals surface area (Å²) in [6.07, 6.45) is 3.80. The van der Waals surface area contributed by atoms with Gasteiger partial charge in [0, 0.05) is 0 Å². The van der Waals surface area contributed by atoms with E-state index in [1.165, 1.54) is 11.2 Å². The third kappa shape index (κ3) is 2.85. The molecule has 1 aromatic carbocycles. The van der Waals surface area contributed by atoms with E-state index in [-0.39, 0.29) is 11.5 Å². The van der Waals surface area contributed by atoms with Crippen LogP contribution in [0, 0.1) is 11.3 Å². The second kappa shape index (κ2) is 6.53. The predicted octanol–water partition coefficient (Wildman–Crippen LogP) is 2.12. The molecule has 7 heteroatoms. The molecule has 25 heavy (non-hydrogen) atoms. The van der Waals surface area contributed by atoms with E-state index in [2.05, 4.69) is 16.1 Å². The highest BCUT2D eigenvalue weighted by atomic mass is 16.2. The fourth-order valence-corrected chi connectivity index (χ4v) is 2.79. The second-order valence-corrected chi connectivity index (χ2v) is 5.48. The van der Waals surface area contributed by atoms with E-state index in [9.17, 15) is 14.9 Å². The fraction of sp³-hybridized carbons (Fsp3) is 0.167. The molecule has 0 unspecified atom stereocenters. The first-order chi connectivity index (χ1) is 12.1. The van der Waals surface area contributed by atoms with Crippen LogP contribution < -0.4 is 16.1 Å². The minimum absolute atomic E-state index is 0.0914. The average molecular weight is 335 g/mol. The number of carbonyl (C=O) groups is 2. The standard InChI is InChI=1S/C18H17N5O2/c1-3-11-13(9-19)18(25)23(22-14(11)4-2)10-16-20-15-8-6-5-7-12(15)17(24)21-16/h4-8,10,20,22H,3H2,1-2H3,(H,21,24)/b14-4+,16-10+. The van der Waals surface area contributed by atoms with Gasteiger partial charge in [-0.2, -0.15) is 5.26 Å². The molecule has 2 aliphatic heterocycles. The van der Waals surface area contributed by atoms with Crippen molar-refractivity contribution in [1.82, 2.24) is 15.8 Å². The molecule has 0 saturated heterocycles. The zero-order chi connectivity index (χ0) is 18.0. The Bertz CT molecular complexity index is 889. The summed E-state index contributed by atoms with van der Waals surface area (Å²) >= 11 is 0. The van der Waals surface area contributed by atoms with Crippen molar-refractivity contribution < 1.29 is 9.59 Å². The van der Waals surface area contributed by atoms with Crippen LogP contribution in [0.4, 0.5) is 5.69 Å². The molecule has 0 radical (unpaired) electrons. The molecular weight excluding hydrogens is 318 g/mol. The molecule has 0 bridgehead atoms. The summed E-state index contributed by atoms with van der Waals surface area (Å²) in [5.74, 6) is -0.383. The third-order valence-electron chi connectivity index (χ3n) is 4.00. The molecule has 2 aliphatic rings. The quantitative estimate of drug-likeness (QED) is 0.769. The maximum Gasteiger partial charge on any atom is 0.287 e. The number of nitriles is 1. The highest BCUT2D eigenvalue weighted by Crippen LogP contribution is 2.25. The van der Waals surface area contributed by atoms with Crippen molar-refractivity contribution in [2.24, 2.45) is 0 Å². The molecule has 0 saturated carbocycles. The van der Waals surface area contributed by atoms with Crippen LogP contribution in [0.25, 0.3) is 0 Å². The van der Waals surface area contributed by atoms with Crippen LogP contribution in [0.15, 0.2) is 59.2 Å². The van der Waals surface area contributed by atoms with E-state index in [4.69, 9.17) is 0 Å². The number of benzene rings is 1. The van der Waals surface area contributed by atoms with Crippen molar-refractivity contribution in [2.45, 2.75) is 20.3 Å². The zero-order valence-corrected chi connectivity index (χ0v) is 13.9. The molecule has 0 aromatic heterocycles. The molecule has 3 rings (SSSR count). The predicted molar refractivity (Wildman–Crippen MR) is 92.3 cm³/mol. The van der Waals surface area contributed by atoms with E-state index in [0.29, 0.717) is 34.8 Å². The first-order valence-electron chi connectivity index (χ1n) is 7.88. The Morgan fingerprint density at radius 2 is 2.00 bits per heavy atom. The van der Waals surface area contributed by atoms with Crippen molar-refractivity contribution in [1.29, 1.82) is 5.26 Å². The monoisotopic (exact) mass is 335 g/mol. The lowest BCUT2D eigenvalue weighted by Gasteiger charge is -2.30. The molecule has 0 atom stereocenters. The minimum Gasteiger partial charge on any atom is -0.340 e. The lowest BCUT2D eigenvalue weighted by molar-refractivity contribution is -0.126. The van der Waals surface area contributed by atoms with Crippen LogP contribution in [0.3, 0.4) is 0 Å². The highest BCUT2D eigenvalue weighted by Gasteiger charge is 2.29. The number of hydrazine groups is 1. The number of para-hydroxylation sites is 1. The van der Waals surface area contributed by atoms with Crippen LogP contribution in [-0.4, -0.2) is 16.8 Å². The Hall–Kier alpha value is -3.53. The second-order valence-electron chi connectivity index (χ2n) is 5.48. The van der Waals surface area contributed by atoms with E-state index < -0.39 is 5.91 Å². The molecule has 0 aliphatic carbocycles. The van der Waals surface area contributed by atoms with Crippen LogP contribution in [-0.2, 0) is 4.79 Å². The summed E-state index contributed by atoms with van der Waals surface area (Å²) in [4.78, 5) is 24.7. The van der Waals surface area contributed by atoms with E-state index in [1.807, 2.05) is 26.0 Å². The van der Waals surface area contributed by atoms with Crippen molar-refractivity contribution in [3.8, 4) is 6.07 Å². The van der Waals surface area contributed by atoms with Gasteiger partial charge >= 0.3 is 0 Å². The molecule has 0 spiro atoms. The average Bonchev–Trinajstić information content (AvgIpc) is 2.62. The van der Waals surface area contributed by atoms with E-state index >= 15 is 0 Å². The van der Waals surface area contributed by atoms with Crippen molar-refractivity contribution >= 4 is 17.5 Å². The normalized spacial score (nSPS) is 20.0. The molecule has 126 valence electrons. The maximum absolute atomic E-state index is 12.6. The number of nitrogens with one attached hydrogen (secondary N) is 3. The van der Waals surface area contributed by atoms with Crippen molar-refractivity contribution in [3.63, 3.8) is 0 Å². The molecule has 0 fully saturated rings. The topological polar surface area (TPSA) is 97.3 Å². The fourth-order valence-electron chi connectivity index (χ4n) is 2.79. The largest absolute Gasteiger partial charge is 0.340 e. The number of anilines is 1. The summed E-state index contributed by atoms with van der Waals surface area (Å²) in [6, 6.07) is 9.06. The van der Waals surface area contributed by atoms with Gasteiger partial charge < -0.3 is 10.6 Å². The van der Waals surface area contributed by atoms with Gasteiger partial charge in [-0.3, -0.25) is 15.0 Å². The molecule has 7 nitrogen and oxygen atoms in total. The number of carbonyl (C=O) groups excluding carboxylic acids is 2. The Labute approximate surface area is 145 Å². The maximum atomic E-state index is 12.6. The lowest BCUT2D eigenvalue weighted by atomic mass is 10.0. The van der Waals surface area contributed by atoms with Gasteiger partial charge in [0.05, 0.1) is 23.1 Å². The Morgan fingerprint density at radius 3 is 2.68 bits per heavy atom. The molecule has 3 N–H and O–H groups in total. The van der Waals surface area contributed by atoms with Gasteiger partial charge in [0.2, 0.25) is 0 Å². The smallest absolute Gasteiger partial charge is 0.287 e. The Balaban J connectivity index is 1.95. The number of fused-ring (bicyclic) bond motifs is 1. The Kier molecular flexibility index (Phi) is 4.27. The zero-order valence-electron chi connectivity index (χ0n) is 13.9. The van der Waals surface area contributed by atoms with E-state index in [0.717, 1.165) is 0 Å². The molecule has 2 amide bonds. The Morgan fingerprint density at radius 1 is 1.24 bits per heavy atom. The number of rotatable bonds is 2. The van der Waals surface area contributed by atoms with Crippen LogP contribution in [0.2, 0.25) is 0 Å². The van der Waals surface area contributed by atoms with Gasteiger partial charge in [-0.15, -0.1) is 0 Å².